The summed E-state index contributed by atoms with van der Waals surface area (Å²) in [6, 6.07) is 2.28. The lowest BCUT2D eigenvalue weighted by Gasteiger charge is -2.54. The normalized spacial score (nSPS) is 40.2. The number of hydrogen-bond donors (Lipinski definition) is 2. The lowest BCUT2D eigenvalue weighted by atomic mass is 9.54. The lowest BCUT2D eigenvalue weighted by molar-refractivity contribution is -0.0349. The Morgan fingerprint density at radius 3 is 2.40 bits per heavy atom. The summed E-state index contributed by atoms with van der Waals surface area (Å²) >= 11 is 0. The number of nitrogens with zero attached hydrogens (tertiary/aromatic N) is 1. The third kappa shape index (κ3) is 1.96. The van der Waals surface area contributed by atoms with Crippen molar-refractivity contribution < 1.29 is 0 Å². The number of aromatic amines is 1. The molecule has 0 radical (unpaired) electrons. The lowest BCUT2D eigenvalue weighted by Crippen LogP contribution is -2.48. The minimum atomic E-state index is 0.0972. The first-order chi connectivity index (χ1) is 9.60. The summed E-state index contributed by atoms with van der Waals surface area (Å²) in [5.41, 5.74) is 7.00. The van der Waals surface area contributed by atoms with E-state index in [1.54, 1.807) is 6.07 Å². The molecule has 4 fully saturated rings. The highest BCUT2D eigenvalue weighted by Crippen LogP contribution is 2.57. The van der Waals surface area contributed by atoms with Crippen LogP contribution in [-0.2, 0) is 6.42 Å². The van der Waals surface area contributed by atoms with Crippen molar-refractivity contribution in [3.63, 3.8) is 0 Å². The number of nitrogens with one attached hydrogen (secondary N) is 1. The van der Waals surface area contributed by atoms with Gasteiger partial charge in [0.1, 0.15) is 0 Å². The average molecular weight is 275 g/mol. The molecule has 4 aliphatic rings. The second-order valence-corrected chi connectivity index (χ2v) is 7.59. The Morgan fingerprint density at radius 1 is 1.25 bits per heavy atom. The smallest absolute Gasteiger partial charge is 0.266 e. The van der Waals surface area contributed by atoms with Crippen LogP contribution in [0.5, 0.6) is 0 Å². The molecule has 1 unspecified atom stereocenters. The van der Waals surface area contributed by atoms with Crippen LogP contribution in [0, 0.1) is 23.7 Å². The van der Waals surface area contributed by atoms with Crippen molar-refractivity contribution in [2.75, 3.05) is 0 Å². The summed E-state index contributed by atoms with van der Waals surface area (Å²) < 4.78 is 1.95. The zero-order valence-corrected chi connectivity index (χ0v) is 12.2. The summed E-state index contributed by atoms with van der Waals surface area (Å²) in [6.45, 7) is 1.98. The van der Waals surface area contributed by atoms with Gasteiger partial charge in [0.15, 0.2) is 0 Å². The summed E-state index contributed by atoms with van der Waals surface area (Å²) in [6.07, 6.45) is 7.57. The van der Waals surface area contributed by atoms with Crippen LogP contribution in [0.25, 0.3) is 0 Å². The molecule has 0 spiro atoms. The molecule has 4 saturated carbocycles. The van der Waals surface area contributed by atoms with Gasteiger partial charge in [-0.3, -0.25) is 9.89 Å². The molecule has 4 aliphatic carbocycles. The van der Waals surface area contributed by atoms with Crippen LogP contribution in [0.1, 0.15) is 50.8 Å². The Morgan fingerprint density at radius 2 is 1.85 bits per heavy atom. The minimum Gasteiger partial charge on any atom is -0.328 e. The van der Waals surface area contributed by atoms with Crippen molar-refractivity contribution in [3.8, 4) is 0 Å². The van der Waals surface area contributed by atoms with Crippen LogP contribution in [0.2, 0.25) is 0 Å². The van der Waals surface area contributed by atoms with Gasteiger partial charge in [-0.05, 0) is 62.7 Å². The second-order valence-electron chi connectivity index (χ2n) is 7.59. The van der Waals surface area contributed by atoms with Crippen molar-refractivity contribution in [3.05, 3.63) is 22.1 Å². The maximum absolute atomic E-state index is 12.3. The number of nitrogens with two attached hydrogens (primary N) is 1. The van der Waals surface area contributed by atoms with Gasteiger partial charge < -0.3 is 5.73 Å². The standard InChI is InChI=1S/C16H25N3O/c1-9(17)2-14-8-15(20)19(18-14)16-12-4-10-3-11(6-12)7-13(16)5-10/h8-13,16,18H,2-7,17H2,1H3. The SMILES string of the molecule is CC(N)Cc1cc(=O)n(C2C3CC4CC(C3)CC2C4)[nH]1. The molecule has 1 aromatic heterocycles. The summed E-state index contributed by atoms with van der Waals surface area (Å²) in [7, 11) is 0. The number of aromatic nitrogens is 2. The van der Waals surface area contributed by atoms with E-state index >= 15 is 0 Å². The van der Waals surface area contributed by atoms with E-state index in [0.29, 0.717) is 6.04 Å². The number of H-pyrrole nitrogens is 1. The van der Waals surface area contributed by atoms with E-state index in [0.717, 1.165) is 35.8 Å². The molecule has 1 heterocycles. The molecule has 20 heavy (non-hydrogen) atoms. The molecule has 0 amide bonds. The second kappa shape index (κ2) is 4.48. The van der Waals surface area contributed by atoms with Gasteiger partial charge in [0.25, 0.3) is 5.56 Å². The van der Waals surface area contributed by atoms with Crippen molar-refractivity contribution in [1.29, 1.82) is 0 Å². The zero-order valence-electron chi connectivity index (χ0n) is 12.2. The van der Waals surface area contributed by atoms with Gasteiger partial charge >= 0.3 is 0 Å². The Labute approximate surface area is 119 Å². The highest BCUT2D eigenvalue weighted by atomic mass is 16.1. The Hall–Kier alpha value is -1.03. The number of rotatable bonds is 3. The molecule has 1 atom stereocenters. The summed E-state index contributed by atoms with van der Waals surface area (Å²) in [4.78, 5) is 12.3. The van der Waals surface area contributed by atoms with Crippen molar-refractivity contribution >= 4 is 0 Å². The van der Waals surface area contributed by atoms with Crippen LogP contribution in [0.3, 0.4) is 0 Å². The molecule has 0 saturated heterocycles. The molecular formula is C16H25N3O. The van der Waals surface area contributed by atoms with Gasteiger partial charge in [-0.25, -0.2) is 4.68 Å². The summed E-state index contributed by atoms with van der Waals surface area (Å²) in [5.74, 6) is 3.35. The highest BCUT2D eigenvalue weighted by Gasteiger charge is 2.49. The molecule has 0 aliphatic heterocycles. The first-order valence-electron chi connectivity index (χ1n) is 8.16. The Kier molecular flexibility index (Phi) is 2.85. The van der Waals surface area contributed by atoms with Gasteiger partial charge in [-0.2, -0.15) is 0 Å². The first-order valence-corrected chi connectivity index (χ1v) is 8.16. The molecule has 3 N–H and O–H groups in total. The van der Waals surface area contributed by atoms with E-state index in [9.17, 15) is 4.79 Å². The van der Waals surface area contributed by atoms with E-state index in [4.69, 9.17) is 5.73 Å². The summed E-state index contributed by atoms with van der Waals surface area (Å²) in [5, 5.41) is 3.36. The molecular weight excluding hydrogens is 250 g/mol. The maximum Gasteiger partial charge on any atom is 0.266 e. The van der Waals surface area contributed by atoms with Crippen LogP contribution in [0.4, 0.5) is 0 Å². The fraction of sp³-hybridized carbons (Fsp3) is 0.812. The third-order valence-corrected chi connectivity index (χ3v) is 5.82. The van der Waals surface area contributed by atoms with E-state index in [1.807, 2.05) is 11.6 Å². The fourth-order valence-electron chi connectivity index (χ4n) is 5.45. The van der Waals surface area contributed by atoms with Crippen molar-refractivity contribution in [1.82, 2.24) is 9.78 Å². The molecule has 4 nitrogen and oxygen atoms in total. The predicted octanol–water partition coefficient (Wildman–Crippen LogP) is 2.06. The quantitative estimate of drug-likeness (QED) is 0.887. The maximum atomic E-state index is 12.3. The molecule has 110 valence electrons. The van der Waals surface area contributed by atoms with Gasteiger partial charge in [-0.1, -0.05) is 0 Å². The molecule has 5 rings (SSSR count). The monoisotopic (exact) mass is 275 g/mol. The van der Waals surface area contributed by atoms with Crippen LogP contribution >= 0.6 is 0 Å². The minimum absolute atomic E-state index is 0.0972. The first kappa shape index (κ1) is 12.7. The molecule has 0 aromatic carbocycles. The predicted molar refractivity (Wildman–Crippen MR) is 78.5 cm³/mol. The molecule has 4 bridgehead atoms. The van der Waals surface area contributed by atoms with E-state index in [2.05, 4.69) is 5.10 Å². The van der Waals surface area contributed by atoms with Crippen molar-refractivity contribution in [2.24, 2.45) is 29.4 Å². The Bertz CT molecular complexity index is 528. The van der Waals surface area contributed by atoms with Crippen LogP contribution < -0.4 is 11.3 Å². The molecule has 1 aromatic rings. The zero-order chi connectivity index (χ0) is 13.9. The fourth-order valence-corrected chi connectivity index (χ4v) is 5.45. The average Bonchev–Trinajstić information content (AvgIpc) is 2.68. The van der Waals surface area contributed by atoms with E-state index < -0.39 is 0 Å². The van der Waals surface area contributed by atoms with Gasteiger partial charge in [-0.15, -0.1) is 0 Å². The van der Waals surface area contributed by atoms with E-state index in [1.165, 1.54) is 32.1 Å². The topological polar surface area (TPSA) is 63.8 Å². The number of hydrogen-bond acceptors (Lipinski definition) is 2. The third-order valence-electron chi connectivity index (χ3n) is 5.82. The van der Waals surface area contributed by atoms with E-state index in [-0.39, 0.29) is 11.6 Å². The van der Waals surface area contributed by atoms with Crippen LogP contribution in [0.15, 0.2) is 10.9 Å². The largest absolute Gasteiger partial charge is 0.328 e. The van der Waals surface area contributed by atoms with Crippen molar-refractivity contribution in [2.45, 2.75) is 57.5 Å². The van der Waals surface area contributed by atoms with Gasteiger partial charge in [0.2, 0.25) is 0 Å². The van der Waals surface area contributed by atoms with Crippen LogP contribution in [-0.4, -0.2) is 15.8 Å². The van der Waals surface area contributed by atoms with Gasteiger partial charge in [0, 0.05) is 24.2 Å². The Balaban J connectivity index is 1.64. The van der Waals surface area contributed by atoms with Gasteiger partial charge in [0.05, 0.1) is 6.04 Å². The highest BCUT2D eigenvalue weighted by molar-refractivity contribution is 5.06. The molecule has 4 heteroatoms.